The molecule has 1 unspecified atom stereocenters. The molecule has 18 heavy (non-hydrogen) atoms. The predicted molar refractivity (Wildman–Crippen MR) is 72.1 cm³/mol. The summed E-state index contributed by atoms with van der Waals surface area (Å²) in [5, 5.41) is 0.275. The van der Waals surface area contributed by atoms with Crippen molar-refractivity contribution in [3.8, 4) is 0 Å². The first-order chi connectivity index (χ1) is 8.45. The third-order valence-electron chi connectivity index (χ3n) is 3.29. The van der Waals surface area contributed by atoms with E-state index in [1.807, 2.05) is 6.92 Å². The van der Waals surface area contributed by atoms with Gasteiger partial charge in [0.1, 0.15) is 4.90 Å². The number of rotatable bonds is 3. The summed E-state index contributed by atoms with van der Waals surface area (Å²) in [7, 11) is -3.49. The molecular weight excluding hydrogens is 272 g/mol. The average molecular weight is 289 g/mol. The zero-order valence-electron chi connectivity index (χ0n) is 10.3. The lowest BCUT2D eigenvalue weighted by Crippen LogP contribution is -2.30. The number of nitrogens with two attached hydrogens (primary N) is 1. The Kier molecular flexibility index (Phi) is 3.96. The Morgan fingerprint density at radius 1 is 1.50 bits per heavy atom. The van der Waals surface area contributed by atoms with Crippen molar-refractivity contribution in [1.82, 2.24) is 4.31 Å². The van der Waals surface area contributed by atoms with E-state index in [1.165, 1.54) is 4.31 Å². The molecule has 0 aliphatic carbocycles. The fourth-order valence-electron chi connectivity index (χ4n) is 2.16. The van der Waals surface area contributed by atoms with Gasteiger partial charge in [-0.3, -0.25) is 0 Å². The van der Waals surface area contributed by atoms with Gasteiger partial charge in [-0.2, -0.15) is 4.31 Å². The zero-order valence-corrected chi connectivity index (χ0v) is 11.8. The Labute approximate surface area is 113 Å². The van der Waals surface area contributed by atoms with E-state index < -0.39 is 10.0 Å². The number of benzene rings is 1. The number of halogens is 1. The molecule has 0 bridgehead atoms. The standard InChI is InChI=1S/C12H17ClN2O2S/c1-9-2-3-11(13)12(6-9)18(16,17)15-5-4-10(7-14)8-15/h2-3,6,10H,4-5,7-8,14H2,1H3. The summed E-state index contributed by atoms with van der Waals surface area (Å²) in [6.45, 7) is 3.38. The molecule has 1 heterocycles. The molecule has 1 aromatic rings. The number of hydrogen-bond donors (Lipinski definition) is 1. The van der Waals surface area contributed by atoms with Crippen molar-refractivity contribution >= 4 is 21.6 Å². The summed E-state index contributed by atoms with van der Waals surface area (Å²) in [5.41, 5.74) is 6.47. The first-order valence-corrected chi connectivity index (χ1v) is 7.73. The summed E-state index contributed by atoms with van der Waals surface area (Å²) < 4.78 is 26.4. The Morgan fingerprint density at radius 3 is 2.83 bits per heavy atom. The van der Waals surface area contributed by atoms with Crippen LogP contribution in [0.3, 0.4) is 0 Å². The highest BCUT2D eigenvalue weighted by Gasteiger charge is 2.33. The van der Waals surface area contributed by atoms with Gasteiger partial charge < -0.3 is 5.73 Å². The summed E-state index contributed by atoms with van der Waals surface area (Å²) in [5.74, 6) is 0.253. The zero-order chi connectivity index (χ0) is 13.3. The molecule has 0 spiro atoms. The van der Waals surface area contributed by atoms with Gasteiger partial charge in [0.05, 0.1) is 5.02 Å². The van der Waals surface area contributed by atoms with Crippen molar-refractivity contribution in [2.24, 2.45) is 11.7 Å². The Bertz CT molecular complexity index is 545. The molecule has 4 nitrogen and oxygen atoms in total. The quantitative estimate of drug-likeness (QED) is 0.919. The van der Waals surface area contributed by atoms with Crippen LogP contribution >= 0.6 is 11.6 Å². The van der Waals surface area contributed by atoms with Crippen LogP contribution in [0.15, 0.2) is 23.1 Å². The van der Waals surface area contributed by atoms with E-state index in [-0.39, 0.29) is 15.8 Å². The van der Waals surface area contributed by atoms with Gasteiger partial charge in [0.25, 0.3) is 0 Å². The fraction of sp³-hybridized carbons (Fsp3) is 0.500. The second-order valence-electron chi connectivity index (χ2n) is 4.69. The topological polar surface area (TPSA) is 63.4 Å². The Morgan fingerprint density at radius 2 is 2.22 bits per heavy atom. The van der Waals surface area contributed by atoms with Crippen LogP contribution in [0.5, 0.6) is 0 Å². The smallest absolute Gasteiger partial charge is 0.244 e. The molecular formula is C12H17ClN2O2S. The molecule has 6 heteroatoms. The molecule has 0 saturated carbocycles. The van der Waals surface area contributed by atoms with Crippen LogP contribution in [0.1, 0.15) is 12.0 Å². The van der Waals surface area contributed by atoms with Crippen molar-refractivity contribution in [2.45, 2.75) is 18.2 Å². The molecule has 1 fully saturated rings. The highest BCUT2D eigenvalue weighted by molar-refractivity contribution is 7.89. The van der Waals surface area contributed by atoms with Gasteiger partial charge in [0.15, 0.2) is 0 Å². The summed E-state index contributed by atoms with van der Waals surface area (Å²) >= 11 is 6.00. The van der Waals surface area contributed by atoms with Crippen molar-refractivity contribution in [1.29, 1.82) is 0 Å². The van der Waals surface area contributed by atoms with Gasteiger partial charge in [-0.1, -0.05) is 17.7 Å². The highest BCUT2D eigenvalue weighted by atomic mass is 35.5. The lowest BCUT2D eigenvalue weighted by molar-refractivity contribution is 0.459. The van der Waals surface area contributed by atoms with Gasteiger partial charge >= 0.3 is 0 Å². The average Bonchev–Trinajstić information content (AvgIpc) is 2.81. The third-order valence-corrected chi connectivity index (χ3v) is 5.63. The molecule has 2 N–H and O–H groups in total. The predicted octanol–water partition coefficient (Wildman–Crippen LogP) is 1.62. The maximum absolute atomic E-state index is 12.5. The number of hydrogen-bond acceptors (Lipinski definition) is 3. The normalized spacial score (nSPS) is 21.4. The maximum atomic E-state index is 12.5. The maximum Gasteiger partial charge on any atom is 0.244 e. The largest absolute Gasteiger partial charge is 0.330 e. The summed E-state index contributed by atoms with van der Waals surface area (Å²) in [4.78, 5) is 0.196. The van der Waals surface area contributed by atoms with Crippen molar-refractivity contribution in [3.63, 3.8) is 0 Å². The molecule has 1 aliphatic rings. The minimum Gasteiger partial charge on any atom is -0.330 e. The van der Waals surface area contributed by atoms with Gasteiger partial charge in [0.2, 0.25) is 10.0 Å². The molecule has 0 amide bonds. The van der Waals surface area contributed by atoms with Crippen LogP contribution in [0.4, 0.5) is 0 Å². The van der Waals surface area contributed by atoms with Crippen LogP contribution in [0.25, 0.3) is 0 Å². The molecule has 0 aromatic heterocycles. The van der Waals surface area contributed by atoms with E-state index in [0.717, 1.165) is 12.0 Å². The van der Waals surface area contributed by atoms with Crippen molar-refractivity contribution in [3.05, 3.63) is 28.8 Å². The van der Waals surface area contributed by atoms with Crippen LogP contribution in [-0.4, -0.2) is 32.4 Å². The second-order valence-corrected chi connectivity index (χ2v) is 7.00. The minimum atomic E-state index is -3.49. The van der Waals surface area contributed by atoms with Gasteiger partial charge in [-0.25, -0.2) is 8.42 Å². The molecule has 0 radical (unpaired) electrons. The molecule has 1 atom stereocenters. The first kappa shape index (κ1) is 13.8. The van der Waals surface area contributed by atoms with Crippen molar-refractivity contribution < 1.29 is 8.42 Å². The number of nitrogens with zero attached hydrogens (tertiary/aromatic N) is 1. The molecule has 100 valence electrons. The van der Waals surface area contributed by atoms with E-state index in [1.54, 1.807) is 18.2 Å². The van der Waals surface area contributed by atoms with E-state index >= 15 is 0 Å². The second kappa shape index (κ2) is 5.17. The minimum absolute atomic E-state index is 0.196. The van der Waals surface area contributed by atoms with Gasteiger partial charge in [-0.15, -0.1) is 0 Å². The van der Waals surface area contributed by atoms with Crippen LogP contribution in [0, 0.1) is 12.8 Å². The lowest BCUT2D eigenvalue weighted by atomic mass is 10.1. The van der Waals surface area contributed by atoms with Gasteiger partial charge in [-0.05, 0) is 43.5 Å². The van der Waals surface area contributed by atoms with Crippen LogP contribution in [-0.2, 0) is 10.0 Å². The number of sulfonamides is 1. The first-order valence-electron chi connectivity index (χ1n) is 5.91. The molecule has 1 aliphatic heterocycles. The van der Waals surface area contributed by atoms with E-state index in [0.29, 0.717) is 19.6 Å². The fourth-order valence-corrected chi connectivity index (χ4v) is 4.25. The Hall–Kier alpha value is -0.620. The van der Waals surface area contributed by atoms with E-state index in [2.05, 4.69) is 0 Å². The van der Waals surface area contributed by atoms with Gasteiger partial charge in [0, 0.05) is 13.1 Å². The monoisotopic (exact) mass is 288 g/mol. The third kappa shape index (κ3) is 2.54. The lowest BCUT2D eigenvalue weighted by Gasteiger charge is -2.17. The molecule has 2 rings (SSSR count). The SMILES string of the molecule is Cc1ccc(Cl)c(S(=O)(=O)N2CCC(CN)C2)c1. The summed E-state index contributed by atoms with van der Waals surface area (Å²) in [6, 6.07) is 5.04. The Balaban J connectivity index is 2.34. The van der Waals surface area contributed by atoms with Crippen LogP contribution < -0.4 is 5.73 Å². The number of aryl methyl sites for hydroxylation is 1. The highest BCUT2D eigenvalue weighted by Crippen LogP contribution is 2.29. The van der Waals surface area contributed by atoms with Crippen molar-refractivity contribution in [2.75, 3.05) is 19.6 Å². The summed E-state index contributed by atoms with van der Waals surface area (Å²) in [6.07, 6.45) is 0.819. The van der Waals surface area contributed by atoms with E-state index in [9.17, 15) is 8.42 Å². The molecule has 1 saturated heterocycles. The van der Waals surface area contributed by atoms with Crippen LogP contribution in [0.2, 0.25) is 5.02 Å². The molecule has 1 aromatic carbocycles. The van der Waals surface area contributed by atoms with E-state index in [4.69, 9.17) is 17.3 Å².